The van der Waals surface area contributed by atoms with E-state index in [4.69, 9.17) is 28.0 Å². The number of carbonyl (C=O) groups is 1. The van der Waals surface area contributed by atoms with Gasteiger partial charge < -0.3 is 4.98 Å². The summed E-state index contributed by atoms with van der Waals surface area (Å²) in [4.78, 5) is 19.2. The summed E-state index contributed by atoms with van der Waals surface area (Å²) in [5.41, 5.74) is 3.14. The van der Waals surface area contributed by atoms with Crippen molar-refractivity contribution in [3.63, 3.8) is 0 Å². The van der Waals surface area contributed by atoms with E-state index in [1.54, 1.807) is 12.1 Å². The second-order valence-electron chi connectivity index (χ2n) is 3.69. The first-order chi connectivity index (χ1) is 9.06. The normalized spacial score (nSPS) is 10.5. The second kappa shape index (κ2) is 6.06. The third-order valence-corrected chi connectivity index (χ3v) is 2.98. The van der Waals surface area contributed by atoms with Gasteiger partial charge in [0.05, 0.1) is 11.6 Å². The highest BCUT2D eigenvalue weighted by Gasteiger charge is 2.11. The van der Waals surface area contributed by atoms with Crippen LogP contribution >= 0.6 is 23.2 Å². The van der Waals surface area contributed by atoms with Gasteiger partial charge in [0.1, 0.15) is 16.7 Å². The standard InChI is InChI=1S/C12H9Cl2FN2O2/c13-9-5-10(16-11(9)14)12(18)17-19-6-7-1-3-8(15)4-2-7/h1-5,16H,6H2,(H,17,18). The summed E-state index contributed by atoms with van der Waals surface area (Å²) in [5, 5.41) is 0.440. The lowest BCUT2D eigenvalue weighted by Crippen LogP contribution is -2.23. The van der Waals surface area contributed by atoms with E-state index in [2.05, 4.69) is 10.5 Å². The molecule has 1 heterocycles. The minimum Gasteiger partial charge on any atom is -0.340 e. The Morgan fingerprint density at radius 3 is 2.58 bits per heavy atom. The highest BCUT2D eigenvalue weighted by molar-refractivity contribution is 6.41. The quantitative estimate of drug-likeness (QED) is 0.851. The molecule has 0 aliphatic heterocycles. The van der Waals surface area contributed by atoms with E-state index in [9.17, 15) is 9.18 Å². The summed E-state index contributed by atoms with van der Waals surface area (Å²) in [5.74, 6) is -0.834. The molecule has 0 spiro atoms. The van der Waals surface area contributed by atoms with Gasteiger partial charge >= 0.3 is 0 Å². The van der Waals surface area contributed by atoms with Gasteiger partial charge in [-0.3, -0.25) is 9.63 Å². The van der Waals surface area contributed by atoms with Crippen LogP contribution < -0.4 is 5.48 Å². The average Bonchev–Trinajstić information content (AvgIpc) is 2.72. The van der Waals surface area contributed by atoms with Crippen LogP contribution in [0.1, 0.15) is 16.1 Å². The van der Waals surface area contributed by atoms with Crippen LogP contribution in [0.2, 0.25) is 10.2 Å². The lowest BCUT2D eigenvalue weighted by molar-refractivity contribution is 0.0229. The molecule has 2 rings (SSSR count). The summed E-state index contributed by atoms with van der Waals surface area (Å²) < 4.78 is 12.7. The molecule has 0 saturated carbocycles. The van der Waals surface area contributed by atoms with Crippen molar-refractivity contribution < 1.29 is 14.0 Å². The minimum absolute atomic E-state index is 0.119. The molecule has 1 aromatic heterocycles. The molecule has 0 atom stereocenters. The fraction of sp³-hybridized carbons (Fsp3) is 0.0833. The van der Waals surface area contributed by atoms with Gasteiger partial charge in [-0.2, -0.15) is 0 Å². The van der Waals surface area contributed by atoms with Gasteiger partial charge in [0.2, 0.25) is 0 Å². The van der Waals surface area contributed by atoms with E-state index >= 15 is 0 Å². The number of hydroxylamine groups is 1. The molecular weight excluding hydrogens is 294 g/mol. The summed E-state index contributed by atoms with van der Waals surface area (Å²) in [7, 11) is 0. The van der Waals surface area contributed by atoms with Gasteiger partial charge in [0.15, 0.2) is 0 Å². The lowest BCUT2D eigenvalue weighted by atomic mass is 10.2. The number of aromatic amines is 1. The zero-order valence-electron chi connectivity index (χ0n) is 9.54. The molecule has 100 valence electrons. The molecule has 0 aliphatic rings. The Hall–Kier alpha value is -1.56. The van der Waals surface area contributed by atoms with E-state index in [1.807, 2.05) is 0 Å². The highest BCUT2D eigenvalue weighted by atomic mass is 35.5. The molecule has 0 saturated heterocycles. The molecule has 19 heavy (non-hydrogen) atoms. The molecule has 1 amide bonds. The fourth-order valence-electron chi connectivity index (χ4n) is 1.35. The maximum absolute atomic E-state index is 12.7. The highest BCUT2D eigenvalue weighted by Crippen LogP contribution is 2.21. The first-order valence-corrected chi connectivity index (χ1v) is 6.02. The topological polar surface area (TPSA) is 54.1 Å². The molecule has 0 radical (unpaired) electrons. The van der Waals surface area contributed by atoms with Crippen molar-refractivity contribution in [2.24, 2.45) is 0 Å². The van der Waals surface area contributed by atoms with Crippen LogP contribution in [0.25, 0.3) is 0 Å². The molecule has 0 bridgehead atoms. The number of H-pyrrole nitrogens is 1. The maximum atomic E-state index is 12.7. The first-order valence-electron chi connectivity index (χ1n) is 5.27. The monoisotopic (exact) mass is 302 g/mol. The molecule has 0 fully saturated rings. The van der Waals surface area contributed by atoms with E-state index < -0.39 is 5.91 Å². The van der Waals surface area contributed by atoms with Gasteiger partial charge in [-0.1, -0.05) is 35.3 Å². The maximum Gasteiger partial charge on any atom is 0.291 e. The van der Waals surface area contributed by atoms with E-state index in [-0.39, 0.29) is 28.3 Å². The van der Waals surface area contributed by atoms with Gasteiger partial charge in [0, 0.05) is 0 Å². The Labute approximate surface area is 118 Å². The van der Waals surface area contributed by atoms with Crippen LogP contribution in [0.3, 0.4) is 0 Å². The van der Waals surface area contributed by atoms with E-state index in [0.717, 1.165) is 5.56 Å². The number of hydrogen-bond donors (Lipinski definition) is 2. The van der Waals surface area contributed by atoms with Crippen molar-refractivity contribution in [1.29, 1.82) is 0 Å². The molecule has 7 heteroatoms. The summed E-state index contributed by atoms with van der Waals surface area (Å²) in [6.45, 7) is 0.119. The van der Waals surface area contributed by atoms with Crippen LogP contribution in [0.5, 0.6) is 0 Å². The molecule has 2 N–H and O–H groups in total. The van der Waals surface area contributed by atoms with Gasteiger partial charge in [-0.05, 0) is 23.8 Å². The molecule has 0 unspecified atom stereocenters. The Kier molecular flexibility index (Phi) is 4.42. The largest absolute Gasteiger partial charge is 0.340 e. The number of amides is 1. The second-order valence-corrected chi connectivity index (χ2v) is 4.48. The van der Waals surface area contributed by atoms with Crippen LogP contribution in [-0.2, 0) is 11.4 Å². The van der Waals surface area contributed by atoms with Crippen molar-refractivity contribution in [1.82, 2.24) is 10.5 Å². The number of benzene rings is 1. The zero-order chi connectivity index (χ0) is 13.8. The van der Waals surface area contributed by atoms with Crippen LogP contribution in [-0.4, -0.2) is 10.9 Å². The minimum atomic E-state index is -0.504. The first kappa shape index (κ1) is 13.9. The molecule has 4 nitrogen and oxygen atoms in total. The fourth-order valence-corrected chi connectivity index (χ4v) is 1.66. The summed E-state index contributed by atoms with van der Waals surface area (Å²) in [6, 6.07) is 7.13. The van der Waals surface area contributed by atoms with E-state index in [1.165, 1.54) is 18.2 Å². The predicted octanol–water partition coefficient (Wildman–Crippen LogP) is 3.32. The zero-order valence-corrected chi connectivity index (χ0v) is 11.1. The van der Waals surface area contributed by atoms with Crippen molar-refractivity contribution in [3.05, 3.63) is 57.6 Å². The van der Waals surface area contributed by atoms with Crippen LogP contribution in [0.4, 0.5) is 4.39 Å². The Morgan fingerprint density at radius 1 is 1.32 bits per heavy atom. The number of hydrogen-bond acceptors (Lipinski definition) is 2. The molecular formula is C12H9Cl2FN2O2. The van der Waals surface area contributed by atoms with Crippen molar-refractivity contribution in [2.45, 2.75) is 6.61 Å². The third-order valence-electron chi connectivity index (χ3n) is 2.29. The Bertz CT molecular complexity index is 564. The summed E-state index contributed by atoms with van der Waals surface area (Å²) in [6.07, 6.45) is 0. The van der Waals surface area contributed by atoms with Crippen LogP contribution in [0, 0.1) is 5.82 Å². The SMILES string of the molecule is O=C(NOCc1ccc(F)cc1)c1cc(Cl)c(Cl)[nH]1. The number of halogens is 3. The third kappa shape index (κ3) is 3.70. The summed E-state index contributed by atoms with van der Waals surface area (Å²) >= 11 is 11.4. The van der Waals surface area contributed by atoms with E-state index in [0.29, 0.717) is 0 Å². The number of nitrogens with one attached hydrogen (secondary N) is 2. The lowest BCUT2D eigenvalue weighted by Gasteiger charge is -2.04. The smallest absolute Gasteiger partial charge is 0.291 e. The number of aromatic nitrogens is 1. The predicted molar refractivity (Wildman–Crippen MR) is 69.5 cm³/mol. The van der Waals surface area contributed by atoms with Crippen molar-refractivity contribution in [3.8, 4) is 0 Å². The number of carbonyl (C=O) groups excluding carboxylic acids is 1. The molecule has 0 aliphatic carbocycles. The van der Waals surface area contributed by atoms with Gasteiger partial charge in [-0.15, -0.1) is 0 Å². The number of rotatable bonds is 4. The molecule has 1 aromatic carbocycles. The van der Waals surface area contributed by atoms with Gasteiger partial charge in [-0.25, -0.2) is 9.87 Å². The average molecular weight is 303 g/mol. The Morgan fingerprint density at radius 2 is 2.00 bits per heavy atom. The Balaban J connectivity index is 1.85. The van der Waals surface area contributed by atoms with Crippen LogP contribution in [0.15, 0.2) is 30.3 Å². The van der Waals surface area contributed by atoms with Crippen molar-refractivity contribution in [2.75, 3.05) is 0 Å². The van der Waals surface area contributed by atoms with Crippen molar-refractivity contribution >= 4 is 29.1 Å². The van der Waals surface area contributed by atoms with Gasteiger partial charge in [0.25, 0.3) is 5.91 Å². The molecule has 2 aromatic rings.